The standard InChI is InChI=1S/C21H25N5O/c1-24(2)21(27)15-26-14-18(12-23-26)25-9-7-16(8-10-25)20-13-22-11-17-5-3-4-6-19(17)20/h3-6,11-14,16H,7-10,15H2,1-2H3. The molecule has 27 heavy (non-hydrogen) atoms. The van der Waals surface area contributed by atoms with E-state index in [2.05, 4.69) is 39.2 Å². The van der Waals surface area contributed by atoms with Gasteiger partial charge in [0.25, 0.3) is 0 Å². The predicted octanol–water partition coefficient (Wildman–Crippen LogP) is 2.90. The largest absolute Gasteiger partial charge is 0.369 e. The van der Waals surface area contributed by atoms with Crippen LogP contribution in [0.25, 0.3) is 10.8 Å². The first-order valence-corrected chi connectivity index (χ1v) is 9.42. The maximum absolute atomic E-state index is 11.9. The van der Waals surface area contributed by atoms with Gasteiger partial charge in [-0.15, -0.1) is 0 Å². The number of benzene rings is 1. The predicted molar refractivity (Wildman–Crippen MR) is 107 cm³/mol. The van der Waals surface area contributed by atoms with Crippen molar-refractivity contribution in [1.29, 1.82) is 0 Å². The Morgan fingerprint density at radius 1 is 1.15 bits per heavy atom. The lowest BCUT2D eigenvalue weighted by molar-refractivity contribution is -0.129. The second-order valence-electron chi connectivity index (χ2n) is 7.40. The van der Waals surface area contributed by atoms with Crippen LogP contribution in [0.4, 0.5) is 5.69 Å². The number of likely N-dealkylation sites (N-methyl/N-ethyl adjacent to an activating group) is 1. The smallest absolute Gasteiger partial charge is 0.243 e. The average molecular weight is 363 g/mol. The fourth-order valence-corrected chi connectivity index (χ4v) is 3.80. The van der Waals surface area contributed by atoms with E-state index in [1.54, 1.807) is 23.7 Å². The molecule has 1 aliphatic rings. The van der Waals surface area contributed by atoms with E-state index in [-0.39, 0.29) is 12.5 Å². The van der Waals surface area contributed by atoms with Crippen LogP contribution in [0.15, 0.2) is 49.1 Å². The van der Waals surface area contributed by atoms with Crippen molar-refractivity contribution in [2.45, 2.75) is 25.3 Å². The number of aromatic nitrogens is 3. The highest BCUT2D eigenvalue weighted by Crippen LogP contribution is 2.33. The number of piperidine rings is 1. The molecule has 1 saturated heterocycles. The van der Waals surface area contributed by atoms with Crippen molar-refractivity contribution in [3.8, 4) is 0 Å². The fourth-order valence-electron chi connectivity index (χ4n) is 3.80. The van der Waals surface area contributed by atoms with Crippen LogP contribution >= 0.6 is 0 Å². The van der Waals surface area contributed by atoms with E-state index in [1.165, 1.54) is 16.3 Å². The molecule has 0 radical (unpaired) electrons. The van der Waals surface area contributed by atoms with Crippen molar-refractivity contribution in [2.24, 2.45) is 0 Å². The van der Waals surface area contributed by atoms with Crippen LogP contribution < -0.4 is 4.90 Å². The molecule has 3 heterocycles. The number of carbonyl (C=O) groups excluding carboxylic acids is 1. The summed E-state index contributed by atoms with van der Waals surface area (Å²) in [5, 5.41) is 6.88. The average Bonchev–Trinajstić information content (AvgIpc) is 3.16. The lowest BCUT2D eigenvalue weighted by atomic mass is 9.87. The van der Waals surface area contributed by atoms with Crippen molar-refractivity contribution >= 4 is 22.4 Å². The highest BCUT2D eigenvalue weighted by Gasteiger charge is 2.23. The minimum Gasteiger partial charge on any atom is -0.369 e. The highest BCUT2D eigenvalue weighted by molar-refractivity contribution is 5.85. The molecule has 2 aromatic heterocycles. The molecular formula is C21H25N5O. The Balaban J connectivity index is 1.43. The molecule has 0 spiro atoms. The molecule has 0 bridgehead atoms. The van der Waals surface area contributed by atoms with Gasteiger partial charge < -0.3 is 9.80 Å². The van der Waals surface area contributed by atoms with Gasteiger partial charge in [-0.3, -0.25) is 14.5 Å². The lowest BCUT2D eigenvalue weighted by Crippen LogP contribution is -2.32. The van der Waals surface area contributed by atoms with Crippen LogP contribution in [-0.4, -0.2) is 52.8 Å². The van der Waals surface area contributed by atoms with Crippen LogP contribution in [0.5, 0.6) is 0 Å². The summed E-state index contributed by atoms with van der Waals surface area (Å²) in [6, 6.07) is 8.49. The first-order valence-electron chi connectivity index (χ1n) is 9.42. The van der Waals surface area contributed by atoms with Crippen LogP contribution in [-0.2, 0) is 11.3 Å². The van der Waals surface area contributed by atoms with E-state index >= 15 is 0 Å². The summed E-state index contributed by atoms with van der Waals surface area (Å²) >= 11 is 0. The Morgan fingerprint density at radius 3 is 2.70 bits per heavy atom. The molecule has 6 heteroatoms. The summed E-state index contributed by atoms with van der Waals surface area (Å²) in [5.74, 6) is 0.581. The maximum atomic E-state index is 11.9. The maximum Gasteiger partial charge on any atom is 0.243 e. The van der Waals surface area contributed by atoms with Gasteiger partial charge in [-0.05, 0) is 29.7 Å². The van der Waals surface area contributed by atoms with E-state index in [1.807, 2.05) is 24.8 Å². The van der Waals surface area contributed by atoms with Crippen molar-refractivity contribution in [2.75, 3.05) is 32.1 Å². The monoisotopic (exact) mass is 363 g/mol. The molecule has 0 unspecified atom stereocenters. The normalized spacial score (nSPS) is 15.3. The molecule has 0 atom stereocenters. The molecule has 1 fully saturated rings. The first kappa shape index (κ1) is 17.5. The SMILES string of the molecule is CN(C)C(=O)Cn1cc(N2CCC(c3cncc4ccccc34)CC2)cn1. The zero-order valence-corrected chi connectivity index (χ0v) is 15.9. The molecule has 140 valence electrons. The summed E-state index contributed by atoms with van der Waals surface area (Å²) < 4.78 is 1.72. The van der Waals surface area contributed by atoms with Gasteiger partial charge in [0.05, 0.1) is 11.9 Å². The summed E-state index contributed by atoms with van der Waals surface area (Å²) in [5.41, 5.74) is 2.45. The number of pyridine rings is 1. The molecule has 0 N–H and O–H groups in total. The van der Waals surface area contributed by atoms with E-state index in [9.17, 15) is 4.79 Å². The quantitative estimate of drug-likeness (QED) is 0.715. The summed E-state index contributed by atoms with van der Waals surface area (Å²) in [6.07, 6.45) is 10.0. The van der Waals surface area contributed by atoms with Gasteiger partial charge in [0.15, 0.2) is 0 Å². The fraction of sp³-hybridized carbons (Fsp3) is 0.381. The zero-order chi connectivity index (χ0) is 18.8. The van der Waals surface area contributed by atoms with E-state index in [0.717, 1.165) is 31.6 Å². The van der Waals surface area contributed by atoms with Gasteiger partial charge in [-0.1, -0.05) is 24.3 Å². The molecule has 0 saturated carbocycles. The van der Waals surface area contributed by atoms with Gasteiger partial charge >= 0.3 is 0 Å². The number of carbonyl (C=O) groups is 1. The van der Waals surface area contributed by atoms with Gasteiger partial charge in [0.2, 0.25) is 5.91 Å². The van der Waals surface area contributed by atoms with Gasteiger partial charge in [-0.25, -0.2) is 0 Å². The lowest BCUT2D eigenvalue weighted by Gasteiger charge is -2.33. The van der Waals surface area contributed by atoms with E-state index < -0.39 is 0 Å². The van der Waals surface area contributed by atoms with Crippen molar-refractivity contribution < 1.29 is 4.79 Å². The molecule has 6 nitrogen and oxygen atoms in total. The van der Waals surface area contributed by atoms with Gasteiger partial charge in [0.1, 0.15) is 6.54 Å². The zero-order valence-electron chi connectivity index (χ0n) is 15.9. The number of anilines is 1. The Morgan fingerprint density at radius 2 is 1.93 bits per heavy atom. The Labute approximate surface area is 159 Å². The number of hydrogen-bond donors (Lipinski definition) is 0. The van der Waals surface area contributed by atoms with Crippen molar-refractivity contribution in [1.82, 2.24) is 19.7 Å². The third-order valence-electron chi connectivity index (χ3n) is 5.41. The third-order valence-corrected chi connectivity index (χ3v) is 5.41. The van der Waals surface area contributed by atoms with Crippen molar-refractivity contribution in [3.05, 3.63) is 54.6 Å². The number of nitrogens with zero attached hydrogens (tertiary/aromatic N) is 5. The Hall–Kier alpha value is -2.89. The van der Waals surface area contributed by atoms with E-state index in [4.69, 9.17) is 0 Å². The Kier molecular flexibility index (Phi) is 4.79. The first-order chi connectivity index (χ1) is 13.1. The van der Waals surface area contributed by atoms with Crippen LogP contribution in [0.1, 0.15) is 24.3 Å². The van der Waals surface area contributed by atoms with Gasteiger partial charge in [-0.2, -0.15) is 5.10 Å². The molecule has 4 rings (SSSR count). The molecule has 1 aliphatic heterocycles. The van der Waals surface area contributed by atoms with Crippen LogP contribution in [0, 0.1) is 0 Å². The van der Waals surface area contributed by atoms with E-state index in [0.29, 0.717) is 5.92 Å². The molecule has 3 aromatic rings. The second kappa shape index (κ2) is 7.39. The van der Waals surface area contributed by atoms with Gasteiger partial charge in [0, 0.05) is 51.2 Å². The topological polar surface area (TPSA) is 54.3 Å². The molecule has 0 aliphatic carbocycles. The number of fused-ring (bicyclic) bond motifs is 1. The Bertz CT molecular complexity index is 935. The number of rotatable bonds is 4. The number of amides is 1. The highest BCUT2D eigenvalue weighted by atomic mass is 16.2. The molecular weight excluding hydrogens is 338 g/mol. The van der Waals surface area contributed by atoms with Crippen LogP contribution in [0.3, 0.4) is 0 Å². The minimum atomic E-state index is 0.0480. The second-order valence-corrected chi connectivity index (χ2v) is 7.40. The summed E-state index contributed by atoms with van der Waals surface area (Å²) in [4.78, 5) is 20.2. The summed E-state index contributed by atoms with van der Waals surface area (Å²) in [6.45, 7) is 2.26. The minimum absolute atomic E-state index is 0.0480. The molecule has 1 amide bonds. The third kappa shape index (κ3) is 3.65. The van der Waals surface area contributed by atoms with Crippen LogP contribution in [0.2, 0.25) is 0 Å². The van der Waals surface area contributed by atoms with Crippen molar-refractivity contribution in [3.63, 3.8) is 0 Å². The molecule has 1 aromatic carbocycles. The number of hydrogen-bond acceptors (Lipinski definition) is 4. The summed E-state index contributed by atoms with van der Waals surface area (Å²) in [7, 11) is 3.53.